The third kappa shape index (κ3) is 1.92. The molecule has 78 valence electrons. The maximum absolute atomic E-state index is 13.1. The Labute approximate surface area is 95.1 Å². The van der Waals surface area contributed by atoms with E-state index in [9.17, 15) is 4.39 Å². The molecular weight excluding hydrogens is 261 g/mol. The summed E-state index contributed by atoms with van der Waals surface area (Å²) in [5.41, 5.74) is 0.707. The summed E-state index contributed by atoms with van der Waals surface area (Å²) in [6, 6.07) is 4.50. The van der Waals surface area contributed by atoms with Gasteiger partial charge < -0.3 is 0 Å². The molecule has 0 amide bonds. The van der Waals surface area contributed by atoms with Gasteiger partial charge in [-0.3, -0.25) is 0 Å². The van der Waals surface area contributed by atoms with Crippen molar-refractivity contribution in [3.63, 3.8) is 0 Å². The number of halogens is 2. The van der Waals surface area contributed by atoms with E-state index < -0.39 is 0 Å². The number of aryl methyl sites for hydroxylation is 2. The highest BCUT2D eigenvalue weighted by atomic mass is 79.9. The average Bonchev–Trinajstić information content (AvgIpc) is 2.50. The van der Waals surface area contributed by atoms with Crippen molar-refractivity contribution in [3.05, 3.63) is 34.3 Å². The first-order valence-electron chi connectivity index (χ1n) is 4.41. The molecule has 0 atom stereocenters. The predicted octanol–water partition coefficient (Wildman–Crippen LogP) is 2.69. The normalized spacial score (nSPS) is 10.7. The second-order valence-corrected chi connectivity index (χ2v) is 4.08. The molecule has 0 radical (unpaired) electrons. The van der Waals surface area contributed by atoms with Crippen LogP contribution < -0.4 is 0 Å². The van der Waals surface area contributed by atoms with E-state index in [0.717, 1.165) is 4.47 Å². The Morgan fingerprint density at radius 3 is 2.73 bits per heavy atom. The highest BCUT2D eigenvalue weighted by Crippen LogP contribution is 2.27. The lowest BCUT2D eigenvalue weighted by Crippen LogP contribution is -1.95. The number of rotatable bonds is 1. The van der Waals surface area contributed by atoms with Crippen LogP contribution in [-0.2, 0) is 7.05 Å². The third-order valence-electron chi connectivity index (χ3n) is 2.04. The first-order valence-corrected chi connectivity index (χ1v) is 5.20. The minimum absolute atomic E-state index is 0.283. The van der Waals surface area contributed by atoms with Crippen molar-refractivity contribution >= 4 is 15.9 Å². The molecule has 0 bridgehead atoms. The zero-order chi connectivity index (χ0) is 11.0. The average molecular weight is 270 g/mol. The Hall–Kier alpha value is -1.23. The standard InChI is InChI=1S/C10H9BrFN3/c1-6-13-10(15(2)14-6)8-5-7(12)3-4-9(8)11/h3-5H,1-2H3. The SMILES string of the molecule is Cc1nc(-c2cc(F)ccc2Br)n(C)n1. The van der Waals surface area contributed by atoms with Crippen LogP contribution >= 0.6 is 15.9 Å². The van der Waals surface area contributed by atoms with Crippen LogP contribution in [0.25, 0.3) is 11.4 Å². The van der Waals surface area contributed by atoms with Crippen LogP contribution in [0.5, 0.6) is 0 Å². The Morgan fingerprint density at radius 2 is 2.13 bits per heavy atom. The molecular formula is C10H9BrFN3. The van der Waals surface area contributed by atoms with Gasteiger partial charge in [-0.25, -0.2) is 14.1 Å². The van der Waals surface area contributed by atoms with E-state index in [4.69, 9.17) is 0 Å². The smallest absolute Gasteiger partial charge is 0.159 e. The molecule has 0 N–H and O–H groups in total. The van der Waals surface area contributed by atoms with E-state index in [1.165, 1.54) is 12.1 Å². The second-order valence-electron chi connectivity index (χ2n) is 3.23. The number of benzene rings is 1. The zero-order valence-electron chi connectivity index (χ0n) is 8.33. The summed E-state index contributed by atoms with van der Waals surface area (Å²) in [5.74, 6) is 1.04. The molecule has 0 unspecified atom stereocenters. The van der Waals surface area contributed by atoms with Crippen LogP contribution in [0.3, 0.4) is 0 Å². The van der Waals surface area contributed by atoms with Gasteiger partial charge in [-0.1, -0.05) is 15.9 Å². The van der Waals surface area contributed by atoms with Crippen molar-refractivity contribution in [2.45, 2.75) is 6.92 Å². The van der Waals surface area contributed by atoms with Crippen LogP contribution in [-0.4, -0.2) is 14.8 Å². The summed E-state index contributed by atoms with van der Waals surface area (Å²) >= 11 is 3.36. The van der Waals surface area contributed by atoms with Gasteiger partial charge in [0.05, 0.1) is 0 Å². The van der Waals surface area contributed by atoms with Gasteiger partial charge in [-0.05, 0) is 25.1 Å². The molecule has 1 aromatic heterocycles. The maximum Gasteiger partial charge on any atom is 0.159 e. The van der Waals surface area contributed by atoms with Crippen molar-refractivity contribution in [1.82, 2.24) is 14.8 Å². The highest BCUT2D eigenvalue weighted by Gasteiger charge is 2.11. The lowest BCUT2D eigenvalue weighted by atomic mass is 10.2. The third-order valence-corrected chi connectivity index (χ3v) is 2.73. The zero-order valence-corrected chi connectivity index (χ0v) is 9.92. The molecule has 1 aromatic carbocycles. The molecule has 15 heavy (non-hydrogen) atoms. The van der Waals surface area contributed by atoms with Gasteiger partial charge in [0, 0.05) is 17.1 Å². The van der Waals surface area contributed by atoms with Crippen LogP contribution in [0, 0.1) is 12.7 Å². The summed E-state index contributed by atoms with van der Waals surface area (Å²) in [6.45, 7) is 1.80. The topological polar surface area (TPSA) is 30.7 Å². The Balaban J connectivity index is 2.62. The second kappa shape index (κ2) is 3.73. The van der Waals surface area contributed by atoms with Gasteiger partial charge >= 0.3 is 0 Å². The van der Waals surface area contributed by atoms with Crippen molar-refractivity contribution in [2.24, 2.45) is 7.05 Å². The van der Waals surface area contributed by atoms with E-state index >= 15 is 0 Å². The van der Waals surface area contributed by atoms with Gasteiger partial charge in [0.25, 0.3) is 0 Å². The van der Waals surface area contributed by atoms with Crippen molar-refractivity contribution < 1.29 is 4.39 Å². The molecule has 0 aliphatic heterocycles. The first-order chi connectivity index (χ1) is 7.08. The van der Waals surface area contributed by atoms with Crippen molar-refractivity contribution in [1.29, 1.82) is 0 Å². The summed E-state index contributed by atoms with van der Waals surface area (Å²) in [6.07, 6.45) is 0. The number of nitrogens with zero attached hydrogens (tertiary/aromatic N) is 3. The molecule has 0 spiro atoms. The lowest BCUT2D eigenvalue weighted by Gasteiger charge is -2.02. The van der Waals surface area contributed by atoms with Crippen LogP contribution in [0.1, 0.15) is 5.82 Å². The van der Waals surface area contributed by atoms with Crippen molar-refractivity contribution in [3.8, 4) is 11.4 Å². The van der Waals surface area contributed by atoms with E-state index in [-0.39, 0.29) is 5.82 Å². The number of hydrogen-bond acceptors (Lipinski definition) is 2. The van der Waals surface area contributed by atoms with Gasteiger partial charge in [-0.2, -0.15) is 5.10 Å². The van der Waals surface area contributed by atoms with Gasteiger partial charge in [0.15, 0.2) is 5.82 Å². The molecule has 3 nitrogen and oxygen atoms in total. The van der Waals surface area contributed by atoms with Gasteiger partial charge in [0.1, 0.15) is 11.6 Å². The predicted molar refractivity (Wildman–Crippen MR) is 58.8 cm³/mol. The minimum atomic E-state index is -0.283. The quantitative estimate of drug-likeness (QED) is 0.797. The summed E-state index contributed by atoms with van der Waals surface area (Å²) in [4.78, 5) is 4.24. The monoisotopic (exact) mass is 269 g/mol. The fourth-order valence-electron chi connectivity index (χ4n) is 1.42. The molecule has 0 saturated heterocycles. The number of hydrogen-bond donors (Lipinski definition) is 0. The molecule has 0 saturated carbocycles. The fraction of sp³-hybridized carbons (Fsp3) is 0.200. The van der Waals surface area contributed by atoms with Crippen LogP contribution in [0.4, 0.5) is 4.39 Å². The van der Waals surface area contributed by atoms with Crippen LogP contribution in [0.2, 0.25) is 0 Å². The molecule has 0 aliphatic carbocycles. The Morgan fingerprint density at radius 1 is 1.40 bits per heavy atom. The molecule has 2 rings (SSSR count). The van der Waals surface area contributed by atoms with Gasteiger partial charge in [0.2, 0.25) is 0 Å². The minimum Gasteiger partial charge on any atom is -0.249 e. The van der Waals surface area contributed by atoms with Crippen LogP contribution in [0.15, 0.2) is 22.7 Å². The van der Waals surface area contributed by atoms with E-state index in [1.54, 1.807) is 24.7 Å². The molecule has 0 aliphatic rings. The largest absolute Gasteiger partial charge is 0.249 e. The molecule has 0 fully saturated rings. The summed E-state index contributed by atoms with van der Waals surface area (Å²) in [5, 5.41) is 4.12. The maximum atomic E-state index is 13.1. The van der Waals surface area contributed by atoms with Gasteiger partial charge in [-0.15, -0.1) is 0 Å². The molecule has 5 heteroatoms. The van der Waals surface area contributed by atoms with E-state index in [0.29, 0.717) is 17.2 Å². The summed E-state index contributed by atoms with van der Waals surface area (Å²) < 4.78 is 15.5. The molecule has 2 aromatic rings. The molecule has 1 heterocycles. The Bertz CT molecular complexity index is 507. The first kappa shape index (κ1) is 10.3. The lowest BCUT2D eigenvalue weighted by molar-refractivity contribution is 0.627. The Kier molecular flexibility index (Phi) is 2.56. The fourth-order valence-corrected chi connectivity index (χ4v) is 1.84. The van der Waals surface area contributed by atoms with Crippen molar-refractivity contribution in [2.75, 3.05) is 0 Å². The van der Waals surface area contributed by atoms with E-state index in [1.807, 2.05) is 0 Å². The highest BCUT2D eigenvalue weighted by molar-refractivity contribution is 9.10. The number of aromatic nitrogens is 3. The summed E-state index contributed by atoms with van der Waals surface area (Å²) in [7, 11) is 1.78. The van der Waals surface area contributed by atoms with E-state index in [2.05, 4.69) is 26.0 Å².